The van der Waals surface area contributed by atoms with Crippen molar-refractivity contribution in [3.63, 3.8) is 0 Å². The van der Waals surface area contributed by atoms with Gasteiger partial charge < -0.3 is 10.5 Å². The van der Waals surface area contributed by atoms with Crippen molar-refractivity contribution in [3.8, 4) is 5.75 Å². The maximum absolute atomic E-state index is 13.1. The number of halogens is 1. The lowest BCUT2D eigenvalue weighted by molar-refractivity contribution is 0.287. The first kappa shape index (κ1) is 11.0. The molecule has 1 atom stereocenters. The fraction of sp³-hybridized carbons (Fsp3) is 0.455. The van der Waals surface area contributed by atoms with Crippen LogP contribution in [0.25, 0.3) is 0 Å². The number of nitrogens with two attached hydrogens (primary N) is 1. The van der Waals surface area contributed by atoms with Gasteiger partial charge in [0, 0.05) is 6.04 Å². The van der Waals surface area contributed by atoms with Gasteiger partial charge in [-0.25, -0.2) is 4.39 Å². The van der Waals surface area contributed by atoms with Crippen LogP contribution in [0.5, 0.6) is 5.75 Å². The van der Waals surface area contributed by atoms with E-state index in [1.54, 1.807) is 12.1 Å². The molecule has 0 aliphatic carbocycles. The highest BCUT2D eigenvalue weighted by Gasteiger charge is 2.03. The molecule has 0 aliphatic heterocycles. The van der Waals surface area contributed by atoms with Gasteiger partial charge in [0.05, 0.1) is 6.61 Å². The van der Waals surface area contributed by atoms with Gasteiger partial charge in [0.1, 0.15) is 0 Å². The predicted molar refractivity (Wildman–Crippen MR) is 54.9 cm³/mol. The largest absolute Gasteiger partial charge is 0.490 e. The first-order chi connectivity index (χ1) is 6.59. The van der Waals surface area contributed by atoms with Crippen LogP contribution in [0.2, 0.25) is 0 Å². The van der Waals surface area contributed by atoms with Crippen molar-refractivity contribution in [2.24, 2.45) is 5.73 Å². The van der Waals surface area contributed by atoms with Crippen molar-refractivity contribution < 1.29 is 9.13 Å². The Labute approximate surface area is 83.9 Å². The van der Waals surface area contributed by atoms with E-state index in [9.17, 15) is 4.39 Å². The number of aryl methyl sites for hydroxylation is 1. The summed E-state index contributed by atoms with van der Waals surface area (Å²) in [5.41, 5.74) is 6.54. The normalized spacial score (nSPS) is 12.6. The number of hydrogen-bond donors (Lipinski definition) is 1. The molecule has 0 fully saturated rings. The van der Waals surface area contributed by atoms with E-state index in [0.29, 0.717) is 12.4 Å². The van der Waals surface area contributed by atoms with Gasteiger partial charge in [-0.15, -0.1) is 0 Å². The molecule has 1 unspecified atom stereocenters. The Hall–Kier alpha value is -1.09. The molecule has 0 spiro atoms. The SMILES string of the molecule is Cc1ccc(F)c(OCCC(C)N)c1. The molecule has 1 aromatic carbocycles. The molecule has 0 heterocycles. The zero-order valence-electron chi connectivity index (χ0n) is 8.59. The van der Waals surface area contributed by atoms with E-state index in [2.05, 4.69) is 0 Å². The van der Waals surface area contributed by atoms with Crippen LogP contribution in [-0.2, 0) is 0 Å². The van der Waals surface area contributed by atoms with Gasteiger partial charge in [0.2, 0.25) is 0 Å². The van der Waals surface area contributed by atoms with Crippen LogP contribution in [-0.4, -0.2) is 12.6 Å². The second-order valence-corrected chi connectivity index (χ2v) is 3.55. The highest BCUT2D eigenvalue weighted by molar-refractivity contribution is 5.29. The Morgan fingerprint density at radius 3 is 2.86 bits per heavy atom. The summed E-state index contributed by atoms with van der Waals surface area (Å²) in [5.74, 6) is -0.00840. The first-order valence-electron chi connectivity index (χ1n) is 4.74. The molecule has 1 aromatic rings. The molecule has 1 rings (SSSR count). The van der Waals surface area contributed by atoms with Crippen molar-refractivity contribution in [1.29, 1.82) is 0 Å². The van der Waals surface area contributed by atoms with E-state index in [1.165, 1.54) is 6.07 Å². The topological polar surface area (TPSA) is 35.2 Å². The van der Waals surface area contributed by atoms with E-state index in [1.807, 2.05) is 13.8 Å². The molecule has 0 aromatic heterocycles. The van der Waals surface area contributed by atoms with Gasteiger partial charge in [0.25, 0.3) is 0 Å². The van der Waals surface area contributed by atoms with Crippen LogP contribution in [0.4, 0.5) is 4.39 Å². The van der Waals surface area contributed by atoms with Gasteiger partial charge in [-0.2, -0.15) is 0 Å². The third kappa shape index (κ3) is 3.34. The van der Waals surface area contributed by atoms with Crippen molar-refractivity contribution in [2.75, 3.05) is 6.61 Å². The first-order valence-corrected chi connectivity index (χ1v) is 4.74. The molecule has 3 heteroatoms. The Morgan fingerprint density at radius 2 is 2.21 bits per heavy atom. The molecule has 0 saturated carbocycles. The Morgan fingerprint density at radius 1 is 1.50 bits per heavy atom. The van der Waals surface area contributed by atoms with Gasteiger partial charge in [-0.1, -0.05) is 6.07 Å². The van der Waals surface area contributed by atoms with Crippen LogP contribution in [0.3, 0.4) is 0 Å². The molecular weight excluding hydrogens is 181 g/mol. The lowest BCUT2D eigenvalue weighted by Crippen LogP contribution is -2.18. The van der Waals surface area contributed by atoms with E-state index in [4.69, 9.17) is 10.5 Å². The fourth-order valence-electron chi connectivity index (χ4n) is 1.08. The second kappa shape index (κ2) is 4.96. The predicted octanol–water partition coefficient (Wildman–Crippen LogP) is 2.25. The van der Waals surface area contributed by atoms with Crippen LogP contribution in [0.15, 0.2) is 18.2 Å². The van der Waals surface area contributed by atoms with E-state index < -0.39 is 0 Å². The average Bonchev–Trinajstić information content (AvgIpc) is 2.10. The molecule has 78 valence electrons. The van der Waals surface area contributed by atoms with E-state index >= 15 is 0 Å². The maximum Gasteiger partial charge on any atom is 0.165 e. The monoisotopic (exact) mass is 197 g/mol. The van der Waals surface area contributed by atoms with Crippen molar-refractivity contribution in [2.45, 2.75) is 26.3 Å². The summed E-state index contributed by atoms with van der Waals surface area (Å²) in [4.78, 5) is 0. The van der Waals surface area contributed by atoms with Crippen molar-refractivity contribution in [3.05, 3.63) is 29.6 Å². The Bertz CT molecular complexity index is 299. The van der Waals surface area contributed by atoms with E-state index in [-0.39, 0.29) is 11.9 Å². The van der Waals surface area contributed by atoms with E-state index in [0.717, 1.165) is 12.0 Å². The minimum absolute atomic E-state index is 0.0860. The molecule has 2 N–H and O–H groups in total. The Kier molecular flexibility index (Phi) is 3.89. The lowest BCUT2D eigenvalue weighted by atomic mass is 10.2. The molecule has 14 heavy (non-hydrogen) atoms. The summed E-state index contributed by atoms with van der Waals surface area (Å²) in [6, 6.07) is 4.91. The van der Waals surface area contributed by atoms with Crippen LogP contribution in [0, 0.1) is 12.7 Å². The Balaban J connectivity index is 2.53. The third-order valence-electron chi connectivity index (χ3n) is 1.92. The highest BCUT2D eigenvalue weighted by atomic mass is 19.1. The maximum atomic E-state index is 13.1. The van der Waals surface area contributed by atoms with Crippen LogP contribution >= 0.6 is 0 Å². The quantitative estimate of drug-likeness (QED) is 0.803. The van der Waals surface area contributed by atoms with Crippen LogP contribution in [0.1, 0.15) is 18.9 Å². The number of ether oxygens (including phenoxy) is 1. The van der Waals surface area contributed by atoms with Crippen molar-refractivity contribution in [1.82, 2.24) is 0 Å². The molecule has 0 saturated heterocycles. The van der Waals surface area contributed by atoms with Gasteiger partial charge >= 0.3 is 0 Å². The van der Waals surface area contributed by atoms with Gasteiger partial charge in [-0.05, 0) is 38.0 Å². The summed E-state index contributed by atoms with van der Waals surface area (Å²) >= 11 is 0. The zero-order chi connectivity index (χ0) is 10.6. The minimum Gasteiger partial charge on any atom is -0.490 e. The third-order valence-corrected chi connectivity index (χ3v) is 1.92. The standard InChI is InChI=1S/C11H16FNO/c1-8-3-4-10(12)11(7-8)14-6-5-9(2)13/h3-4,7,9H,5-6,13H2,1-2H3. The summed E-state index contributed by atoms with van der Waals surface area (Å²) < 4.78 is 18.4. The minimum atomic E-state index is -0.319. The summed E-state index contributed by atoms with van der Waals surface area (Å²) in [6.45, 7) is 4.26. The molecule has 0 amide bonds. The molecular formula is C11H16FNO. The fourth-order valence-corrected chi connectivity index (χ4v) is 1.08. The molecule has 0 aliphatic rings. The summed E-state index contributed by atoms with van der Waals surface area (Å²) in [7, 11) is 0. The van der Waals surface area contributed by atoms with Gasteiger partial charge in [-0.3, -0.25) is 0 Å². The second-order valence-electron chi connectivity index (χ2n) is 3.55. The molecule has 2 nitrogen and oxygen atoms in total. The number of rotatable bonds is 4. The molecule has 0 radical (unpaired) electrons. The molecule has 0 bridgehead atoms. The number of hydrogen-bond acceptors (Lipinski definition) is 2. The lowest BCUT2D eigenvalue weighted by Gasteiger charge is -2.09. The summed E-state index contributed by atoms with van der Waals surface area (Å²) in [6.07, 6.45) is 0.730. The summed E-state index contributed by atoms with van der Waals surface area (Å²) in [5, 5.41) is 0. The number of benzene rings is 1. The zero-order valence-corrected chi connectivity index (χ0v) is 8.59. The van der Waals surface area contributed by atoms with Crippen LogP contribution < -0.4 is 10.5 Å². The highest BCUT2D eigenvalue weighted by Crippen LogP contribution is 2.18. The average molecular weight is 197 g/mol. The van der Waals surface area contributed by atoms with Crippen molar-refractivity contribution >= 4 is 0 Å². The smallest absolute Gasteiger partial charge is 0.165 e. The van der Waals surface area contributed by atoms with Gasteiger partial charge in [0.15, 0.2) is 11.6 Å².